The maximum absolute atomic E-state index is 10.3. The Morgan fingerprint density at radius 1 is 0.520 bits per heavy atom. The highest BCUT2D eigenvalue weighted by atomic mass is 31.2. The monoisotopic (exact) mass is 703 g/mol. The summed E-state index contributed by atoms with van der Waals surface area (Å²) in [6.07, 6.45) is 5.72. The summed E-state index contributed by atoms with van der Waals surface area (Å²) in [5, 5.41) is 0. The number of benzene rings is 3. The van der Waals surface area contributed by atoms with E-state index in [2.05, 4.69) is 148 Å². The summed E-state index contributed by atoms with van der Waals surface area (Å²) in [7, 11) is -2.61. The van der Waals surface area contributed by atoms with Gasteiger partial charge in [-0.1, -0.05) is 145 Å². The van der Waals surface area contributed by atoms with E-state index in [0.29, 0.717) is 5.75 Å². The summed E-state index contributed by atoms with van der Waals surface area (Å²) < 4.78 is 6.01. The van der Waals surface area contributed by atoms with Crippen molar-refractivity contribution in [1.82, 2.24) is 0 Å². The van der Waals surface area contributed by atoms with Crippen molar-refractivity contribution >= 4 is 8.60 Å². The van der Waals surface area contributed by atoms with Gasteiger partial charge in [-0.25, -0.2) is 0 Å². The zero-order valence-corrected chi connectivity index (χ0v) is 35.9. The molecule has 0 saturated carbocycles. The van der Waals surface area contributed by atoms with Gasteiger partial charge in [0.2, 0.25) is 0 Å². The highest BCUT2D eigenvalue weighted by Crippen LogP contribution is 2.53. The first kappa shape index (κ1) is 42.2. The van der Waals surface area contributed by atoms with Crippen LogP contribution in [-0.2, 0) is 33.5 Å². The molecule has 2 N–H and O–H groups in total. The largest absolute Gasteiger partial charge is 0.427 e. The van der Waals surface area contributed by atoms with E-state index < -0.39 is 8.60 Å². The summed E-state index contributed by atoms with van der Waals surface area (Å²) in [4.78, 5) is 20.7. The van der Waals surface area contributed by atoms with Crippen molar-refractivity contribution in [1.29, 1.82) is 0 Å². The molecule has 0 bridgehead atoms. The molecule has 0 saturated heterocycles. The summed E-state index contributed by atoms with van der Waals surface area (Å²) in [6.45, 7) is 39.6. The Bertz CT molecular complexity index is 1580. The molecule has 0 aliphatic rings. The van der Waals surface area contributed by atoms with E-state index in [1.807, 2.05) is 6.07 Å². The van der Waals surface area contributed by atoms with Gasteiger partial charge in [0.1, 0.15) is 5.75 Å². The second-order valence-electron chi connectivity index (χ2n) is 18.3. The third kappa shape index (κ3) is 8.54. The lowest BCUT2D eigenvalue weighted by molar-refractivity contribution is 0.367. The Balaban J connectivity index is 2.79. The molecule has 0 aliphatic heterocycles. The van der Waals surface area contributed by atoms with E-state index in [1.54, 1.807) is 0 Å². The molecule has 0 spiro atoms. The number of hydrogen-bond acceptors (Lipinski definition) is 3. The van der Waals surface area contributed by atoms with E-state index in [0.717, 1.165) is 44.1 Å². The van der Waals surface area contributed by atoms with Crippen molar-refractivity contribution in [2.24, 2.45) is 0 Å². The van der Waals surface area contributed by atoms with Gasteiger partial charge in [0.15, 0.2) is 0 Å². The molecule has 3 aromatic rings. The molecule has 0 atom stereocenters. The molecule has 50 heavy (non-hydrogen) atoms. The van der Waals surface area contributed by atoms with Gasteiger partial charge in [-0.05, 0) is 130 Å². The van der Waals surface area contributed by atoms with Crippen LogP contribution in [0.3, 0.4) is 0 Å². The SMILES string of the molecule is CCC(C)(C)c1cc(C)cc(C(C)(C)CC)c1Cc1ccc(OP(O)O)c(C(C)(C)CC)c1-c1c(C(C)(C)CC)cc(C)cc1C(C)(C)CC. The quantitative estimate of drug-likeness (QED) is 0.155. The Morgan fingerprint density at radius 2 is 0.880 bits per heavy atom. The lowest BCUT2D eigenvalue weighted by atomic mass is 9.66. The van der Waals surface area contributed by atoms with Crippen LogP contribution in [0.5, 0.6) is 5.75 Å². The van der Waals surface area contributed by atoms with Crippen LogP contribution in [0.2, 0.25) is 0 Å². The minimum absolute atomic E-state index is 0.00709. The van der Waals surface area contributed by atoms with Gasteiger partial charge < -0.3 is 14.3 Å². The van der Waals surface area contributed by atoms with Gasteiger partial charge in [-0.3, -0.25) is 0 Å². The van der Waals surface area contributed by atoms with Crippen LogP contribution in [0.25, 0.3) is 11.1 Å². The van der Waals surface area contributed by atoms with E-state index in [9.17, 15) is 9.79 Å². The van der Waals surface area contributed by atoms with Crippen molar-refractivity contribution in [3.05, 3.63) is 86.5 Å². The average molecular weight is 703 g/mol. The molecule has 4 heteroatoms. The molecule has 0 amide bonds. The van der Waals surface area contributed by atoms with Gasteiger partial charge in [-0.15, -0.1) is 0 Å². The fourth-order valence-corrected chi connectivity index (χ4v) is 7.69. The second-order valence-corrected chi connectivity index (χ2v) is 18.9. The molecule has 0 heterocycles. The van der Waals surface area contributed by atoms with E-state index >= 15 is 0 Å². The van der Waals surface area contributed by atoms with Crippen LogP contribution >= 0.6 is 8.60 Å². The van der Waals surface area contributed by atoms with Crippen molar-refractivity contribution in [3.63, 3.8) is 0 Å². The van der Waals surface area contributed by atoms with Crippen LogP contribution < -0.4 is 4.52 Å². The predicted molar refractivity (Wildman–Crippen MR) is 219 cm³/mol. The standard InChI is InChI=1S/C46H71O3P/c1-18-42(8,9)34-25-30(6)26-35(43(10,11)19-2)33(34)29-32-23-24-38(49-50(47)48)41(46(16,17)22-5)39(32)40-36(44(12,13)20-3)27-31(7)28-37(40)45(14,15)21-4/h23-28,47-48H,18-22,29H2,1-17H3. The number of aryl methyl sites for hydroxylation is 2. The summed E-state index contributed by atoms with van der Waals surface area (Å²) >= 11 is 0. The van der Waals surface area contributed by atoms with Gasteiger partial charge in [0, 0.05) is 5.56 Å². The smallest absolute Gasteiger partial charge is 0.391 e. The molecule has 0 aliphatic carbocycles. The zero-order valence-electron chi connectivity index (χ0n) is 35.0. The molecule has 0 radical (unpaired) electrons. The highest BCUT2D eigenvalue weighted by molar-refractivity contribution is 7.39. The van der Waals surface area contributed by atoms with Crippen molar-refractivity contribution in [2.75, 3.05) is 0 Å². The average Bonchev–Trinajstić information content (AvgIpc) is 3.04. The molecule has 3 aromatic carbocycles. The lowest BCUT2D eigenvalue weighted by Gasteiger charge is -2.38. The van der Waals surface area contributed by atoms with Crippen molar-refractivity contribution in [3.8, 4) is 16.9 Å². The molecular weight excluding hydrogens is 631 g/mol. The maximum atomic E-state index is 10.3. The summed E-state index contributed by atoms with van der Waals surface area (Å²) in [5.41, 5.74) is 13.9. The summed E-state index contributed by atoms with van der Waals surface area (Å²) in [5.74, 6) is 0.569. The Hall–Kier alpha value is -2.19. The normalized spacial score (nSPS) is 13.4. The van der Waals surface area contributed by atoms with Gasteiger partial charge in [-0.2, -0.15) is 0 Å². The molecule has 3 nitrogen and oxygen atoms in total. The Kier molecular flexibility index (Phi) is 13.0. The predicted octanol–water partition coefficient (Wildman–Crippen LogP) is 13.6. The van der Waals surface area contributed by atoms with Crippen molar-refractivity contribution < 1.29 is 14.3 Å². The maximum Gasteiger partial charge on any atom is 0.391 e. The number of rotatable bonds is 15. The van der Waals surface area contributed by atoms with Crippen molar-refractivity contribution in [2.45, 2.75) is 183 Å². The van der Waals surface area contributed by atoms with Crippen LogP contribution in [0.1, 0.15) is 186 Å². The second kappa shape index (κ2) is 15.4. The first-order chi connectivity index (χ1) is 22.9. The molecular formula is C46H71O3P. The molecule has 3 rings (SSSR count). The zero-order chi connectivity index (χ0) is 38.2. The highest BCUT2D eigenvalue weighted by Gasteiger charge is 2.37. The third-order valence-electron chi connectivity index (χ3n) is 12.7. The minimum Gasteiger partial charge on any atom is -0.427 e. The first-order valence-corrected chi connectivity index (χ1v) is 20.4. The molecule has 0 aromatic heterocycles. The lowest BCUT2D eigenvalue weighted by Crippen LogP contribution is -2.27. The Labute approximate surface area is 308 Å². The molecule has 278 valence electrons. The third-order valence-corrected chi connectivity index (χ3v) is 13.1. The van der Waals surface area contributed by atoms with Crippen LogP contribution in [0.4, 0.5) is 0 Å². The molecule has 0 fully saturated rings. The van der Waals surface area contributed by atoms with Gasteiger partial charge in [0.05, 0.1) is 0 Å². The van der Waals surface area contributed by atoms with E-state index in [-0.39, 0.29) is 27.1 Å². The molecule has 0 unspecified atom stereocenters. The van der Waals surface area contributed by atoms with E-state index in [4.69, 9.17) is 4.52 Å². The van der Waals surface area contributed by atoms with Gasteiger partial charge >= 0.3 is 8.60 Å². The fraction of sp³-hybridized carbons (Fsp3) is 0.609. The van der Waals surface area contributed by atoms with E-state index in [1.165, 1.54) is 55.6 Å². The first-order valence-electron chi connectivity index (χ1n) is 19.3. The fourth-order valence-electron chi connectivity index (χ4n) is 7.36. The Morgan fingerprint density at radius 3 is 1.24 bits per heavy atom. The van der Waals surface area contributed by atoms with Crippen LogP contribution in [0.15, 0.2) is 36.4 Å². The topological polar surface area (TPSA) is 49.7 Å². The van der Waals surface area contributed by atoms with Gasteiger partial charge in [0.25, 0.3) is 0 Å². The summed E-state index contributed by atoms with van der Waals surface area (Å²) in [6, 6.07) is 14.0. The van der Waals surface area contributed by atoms with Crippen LogP contribution in [-0.4, -0.2) is 9.79 Å². The van der Waals surface area contributed by atoms with Crippen LogP contribution in [0, 0.1) is 13.8 Å². The number of hydrogen-bond donors (Lipinski definition) is 2. The minimum atomic E-state index is -2.61.